The first-order chi connectivity index (χ1) is 11.0. The SMILES string of the molecule is COc1cccc(C(=O)NCc2nc(OC)nc(N(C)C)n2)c1. The summed E-state index contributed by atoms with van der Waals surface area (Å²) in [7, 11) is 6.66. The van der Waals surface area contributed by atoms with Crippen LogP contribution in [-0.2, 0) is 6.54 Å². The molecule has 23 heavy (non-hydrogen) atoms. The van der Waals surface area contributed by atoms with Gasteiger partial charge in [0.25, 0.3) is 5.91 Å². The second kappa shape index (κ2) is 7.39. The van der Waals surface area contributed by atoms with Crippen LogP contribution in [0.15, 0.2) is 24.3 Å². The Kier molecular flexibility index (Phi) is 5.29. The molecular formula is C15H19N5O3. The van der Waals surface area contributed by atoms with Gasteiger partial charge in [0.05, 0.1) is 20.8 Å². The molecule has 0 fully saturated rings. The van der Waals surface area contributed by atoms with Crippen LogP contribution in [0.25, 0.3) is 0 Å². The van der Waals surface area contributed by atoms with Crippen molar-refractivity contribution in [1.82, 2.24) is 20.3 Å². The van der Waals surface area contributed by atoms with Crippen molar-refractivity contribution in [3.05, 3.63) is 35.7 Å². The Balaban J connectivity index is 2.10. The number of nitrogens with zero attached hydrogens (tertiary/aromatic N) is 4. The molecule has 0 unspecified atom stereocenters. The number of benzene rings is 1. The average Bonchev–Trinajstić information content (AvgIpc) is 2.59. The van der Waals surface area contributed by atoms with Crippen LogP contribution in [0.3, 0.4) is 0 Å². The maximum atomic E-state index is 12.2. The van der Waals surface area contributed by atoms with Crippen LogP contribution in [0.4, 0.5) is 5.95 Å². The summed E-state index contributed by atoms with van der Waals surface area (Å²) in [4.78, 5) is 26.4. The number of nitrogens with one attached hydrogen (secondary N) is 1. The van der Waals surface area contributed by atoms with Crippen molar-refractivity contribution in [2.45, 2.75) is 6.54 Å². The molecule has 1 amide bonds. The predicted molar refractivity (Wildman–Crippen MR) is 84.9 cm³/mol. The molecule has 0 atom stereocenters. The lowest BCUT2D eigenvalue weighted by Gasteiger charge is -2.12. The van der Waals surface area contributed by atoms with Crippen molar-refractivity contribution in [1.29, 1.82) is 0 Å². The maximum absolute atomic E-state index is 12.2. The molecule has 0 saturated carbocycles. The van der Waals surface area contributed by atoms with Crippen molar-refractivity contribution in [3.8, 4) is 11.8 Å². The minimum atomic E-state index is -0.241. The Labute approximate surface area is 134 Å². The van der Waals surface area contributed by atoms with Crippen LogP contribution in [-0.4, -0.2) is 49.2 Å². The largest absolute Gasteiger partial charge is 0.497 e. The molecule has 0 radical (unpaired) electrons. The summed E-state index contributed by atoms with van der Waals surface area (Å²) in [5.41, 5.74) is 0.498. The van der Waals surface area contributed by atoms with Gasteiger partial charge in [-0.15, -0.1) is 0 Å². The zero-order valence-electron chi connectivity index (χ0n) is 13.5. The van der Waals surface area contributed by atoms with Gasteiger partial charge in [-0.3, -0.25) is 4.79 Å². The summed E-state index contributed by atoms with van der Waals surface area (Å²) in [6, 6.07) is 7.10. The van der Waals surface area contributed by atoms with Crippen LogP contribution in [0, 0.1) is 0 Å². The third-order valence-electron chi connectivity index (χ3n) is 2.97. The van der Waals surface area contributed by atoms with Crippen molar-refractivity contribution in [3.63, 3.8) is 0 Å². The van der Waals surface area contributed by atoms with E-state index >= 15 is 0 Å². The number of hydrogen-bond acceptors (Lipinski definition) is 7. The van der Waals surface area contributed by atoms with Gasteiger partial charge in [-0.05, 0) is 18.2 Å². The molecule has 0 aliphatic rings. The van der Waals surface area contributed by atoms with Crippen molar-refractivity contribution < 1.29 is 14.3 Å². The molecule has 1 aromatic heterocycles. The fourth-order valence-corrected chi connectivity index (χ4v) is 1.78. The van der Waals surface area contributed by atoms with Crippen LogP contribution in [0.5, 0.6) is 11.8 Å². The topological polar surface area (TPSA) is 89.5 Å². The first-order valence-electron chi connectivity index (χ1n) is 6.92. The standard InChI is InChI=1S/C15H19N5O3/c1-20(2)14-17-12(18-15(19-14)23-4)9-16-13(21)10-6-5-7-11(8-10)22-3/h5-8H,9H2,1-4H3,(H,16,21). The van der Waals surface area contributed by atoms with Gasteiger partial charge in [-0.25, -0.2) is 0 Å². The van der Waals surface area contributed by atoms with E-state index in [9.17, 15) is 4.79 Å². The monoisotopic (exact) mass is 317 g/mol. The maximum Gasteiger partial charge on any atom is 0.321 e. The molecule has 0 bridgehead atoms. The van der Waals surface area contributed by atoms with Gasteiger partial charge >= 0.3 is 6.01 Å². The van der Waals surface area contributed by atoms with Crippen molar-refractivity contribution in [2.75, 3.05) is 33.2 Å². The minimum absolute atomic E-state index is 0.162. The first kappa shape index (κ1) is 16.5. The summed E-state index contributed by atoms with van der Waals surface area (Å²) < 4.78 is 10.2. The number of ether oxygens (including phenoxy) is 2. The molecule has 8 heteroatoms. The van der Waals surface area contributed by atoms with E-state index in [1.165, 1.54) is 7.11 Å². The molecule has 2 rings (SSSR count). The third kappa shape index (κ3) is 4.29. The number of methoxy groups -OCH3 is 2. The summed E-state index contributed by atoms with van der Waals surface area (Å²) in [5.74, 6) is 1.25. The lowest BCUT2D eigenvalue weighted by molar-refractivity contribution is 0.0949. The van der Waals surface area contributed by atoms with Gasteiger partial charge in [0, 0.05) is 19.7 Å². The van der Waals surface area contributed by atoms with Crippen LogP contribution in [0.2, 0.25) is 0 Å². The van der Waals surface area contributed by atoms with E-state index in [1.807, 2.05) is 14.1 Å². The van der Waals surface area contributed by atoms with Gasteiger partial charge in [0.15, 0.2) is 5.82 Å². The van der Waals surface area contributed by atoms with E-state index in [2.05, 4.69) is 20.3 Å². The van der Waals surface area contributed by atoms with E-state index in [1.54, 1.807) is 36.3 Å². The Morgan fingerprint density at radius 2 is 1.96 bits per heavy atom. The fourth-order valence-electron chi connectivity index (χ4n) is 1.78. The number of amides is 1. The van der Waals surface area contributed by atoms with Gasteiger partial charge < -0.3 is 19.7 Å². The molecule has 0 aliphatic heterocycles. The quantitative estimate of drug-likeness (QED) is 0.846. The molecule has 1 aromatic carbocycles. The summed E-state index contributed by atoms with van der Waals surface area (Å²) >= 11 is 0. The van der Waals surface area contributed by atoms with Crippen LogP contribution in [0.1, 0.15) is 16.2 Å². The highest BCUT2D eigenvalue weighted by Gasteiger charge is 2.11. The normalized spacial score (nSPS) is 10.1. The molecule has 1 heterocycles. The second-order valence-electron chi connectivity index (χ2n) is 4.85. The average molecular weight is 317 g/mol. The number of rotatable bonds is 6. The summed E-state index contributed by atoms with van der Waals surface area (Å²) in [6.07, 6.45) is 0. The lowest BCUT2D eigenvalue weighted by Crippen LogP contribution is -2.25. The number of anilines is 1. The van der Waals surface area contributed by atoms with Gasteiger partial charge in [0.1, 0.15) is 5.75 Å². The van der Waals surface area contributed by atoms with E-state index in [4.69, 9.17) is 9.47 Å². The lowest BCUT2D eigenvalue weighted by atomic mass is 10.2. The molecule has 2 aromatic rings. The first-order valence-corrected chi connectivity index (χ1v) is 6.92. The van der Waals surface area contributed by atoms with Crippen LogP contribution < -0.4 is 19.7 Å². The van der Waals surface area contributed by atoms with Gasteiger partial charge in [-0.1, -0.05) is 6.07 Å². The Hall–Kier alpha value is -2.90. The molecule has 0 aliphatic carbocycles. The summed E-state index contributed by atoms with van der Waals surface area (Å²) in [5, 5.41) is 2.76. The van der Waals surface area contributed by atoms with E-state index in [-0.39, 0.29) is 18.5 Å². The Morgan fingerprint density at radius 3 is 2.61 bits per heavy atom. The molecular weight excluding hydrogens is 298 g/mol. The molecule has 122 valence electrons. The zero-order valence-corrected chi connectivity index (χ0v) is 13.5. The minimum Gasteiger partial charge on any atom is -0.497 e. The Bertz CT molecular complexity index is 691. The van der Waals surface area contributed by atoms with Crippen molar-refractivity contribution in [2.24, 2.45) is 0 Å². The molecule has 0 saturated heterocycles. The van der Waals surface area contributed by atoms with Gasteiger partial charge in [0.2, 0.25) is 5.95 Å². The van der Waals surface area contributed by atoms with E-state index < -0.39 is 0 Å². The number of hydrogen-bond donors (Lipinski definition) is 1. The smallest absolute Gasteiger partial charge is 0.321 e. The predicted octanol–water partition coefficient (Wildman–Crippen LogP) is 0.885. The Morgan fingerprint density at radius 1 is 1.17 bits per heavy atom. The molecule has 8 nitrogen and oxygen atoms in total. The zero-order chi connectivity index (χ0) is 16.8. The van der Waals surface area contributed by atoms with E-state index in [0.717, 1.165) is 0 Å². The highest BCUT2D eigenvalue weighted by atomic mass is 16.5. The second-order valence-corrected chi connectivity index (χ2v) is 4.85. The van der Waals surface area contributed by atoms with Crippen molar-refractivity contribution >= 4 is 11.9 Å². The fraction of sp³-hybridized carbons (Fsp3) is 0.333. The highest BCUT2D eigenvalue weighted by Crippen LogP contribution is 2.13. The molecule has 0 spiro atoms. The number of carbonyl (C=O) groups excluding carboxylic acids is 1. The summed E-state index contributed by atoms with van der Waals surface area (Å²) in [6.45, 7) is 0.162. The number of carbonyl (C=O) groups is 1. The number of aromatic nitrogens is 3. The van der Waals surface area contributed by atoms with Crippen LogP contribution >= 0.6 is 0 Å². The molecule has 1 N–H and O–H groups in total. The highest BCUT2D eigenvalue weighted by molar-refractivity contribution is 5.94. The van der Waals surface area contributed by atoms with Gasteiger partial charge in [-0.2, -0.15) is 15.0 Å². The van der Waals surface area contributed by atoms with E-state index in [0.29, 0.717) is 23.1 Å². The third-order valence-corrected chi connectivity index (χ3v) is 2.97.